The van der Waals surface area contributed by atoms with E-state index in [0.717, 1.165) is 13.1 Å². The van der Waals surface area contributed by atoms with Crippen molar-refractivity contribution in [2.75, 3.05) is 25.0 Å². The zero-order valence-electron chi connectivity index (χ0n) is 17.3. The van der Waals surface area contributed by atoms with Crippen molar-refractivity contribution in [3.63, 3.8) is 0 Å². The van der Waals surface area contributed by atoms with Crippen LogP contribution < -0.4 is 10.9 Å². The second-order valence-corrected chi connectivity index (χ2v) is 7.59. The summed E-state index contributed by atoms with van der Waals surface area (Å²) < 4.78 is 7.19. The Kier molecular flexibility index (Phi) is 6.24. The molecule has 0 amide bonds. The molecule has 3 heterocycles. The number of nitrogens with zero attached hydrogens (tertiary/aromatic N) is 4. The third kappa shape index (κ3) is 4.57. The standard InChI is InChI=1S/C22H25N5O4/c1-2-17(18-15-25(12-13-31-18)14-16-8-4-3-5-9-16)23-21-20(27(29)30)22(28)26-11-7-6-10-19(26)24-21/h3-11,17-18,23H,2,12-15H2,1H3. The van der Waals surface area contributed by atoms with Crippen LogP contribution in [-0.2, 0) is 11.3 Å². The third-order valence-corrected chi connectivity index (χ3v) is 5.53. The number of hydrogen-bond donors (Lipinski definition) is 1. The fourth-order valence-electron chi connectivity index (χ4n) is 3.94. The lowest BCUT2D eigenvalue weighted by Crippen LogP contribution is -2.49. The molecular weight excluding hydrogens is 398 g/mol. The molecule has 0 bridgehead atoms. The molecule has 1 aliphatic rings. The first-order valence-electron chi connectivity index (χ1n) is 10.4. The molecule has 31 heavy (non-hydrogen) atoms. The normalized spacial score (nSPS) is 18.0. The molecular formula is C22H25N5O4. The van der Waals surface area contributed by atoms with Gasteiger partial charge in [0.05, 0.1) is 23.7 Å². The Balaban J connectivity index is 1.57. The van der Waals surface area contributed by atoms with Gasteiger partial charge in [0.15, 0.2) is 0 Å². The average Bonchev–Trinajstić information content (AvgIpc) is 2.78. The number of morpholine rings is 1. The number of benzene rings is 1. The van der Waals surface area contributed by atoms with Crippen molar-refractivity contribution in [2.24, 2.45) is 0 Å². The van der Waals surface area contributed by atoms with Crippen LogP contribution in [0.4, 0.5) is 11.5 Å². The van der Waals surface area contributed by atoms with E-state index in [1.54, 1.807) is 18.2 Å². The van der Waals surface area contributed by atoms with Crippen LogP contribution in [-0.4, -0.2) is 51.1 Å². The van der Waals surface area contributed by atoms with Gasteiger partial charge in [-0.15, -0.1) is 0 Å². The molecule has 2 unspecified atom stereocenters. The summed E-state index contributed by atoms with van der Waals surface area (Å²) in [5.41, 5.74) is 0.317. The molecule has 1 aliphatic heterocycles. The largest absolute Gasteiger partial charge is 0.376 e. The molecule has 0 spiro atoms. The number of anilines is 1. The van der Waals surface area contributed by atoms with Crippen molar-refractivity contribution < 1.29 is 9.66 Å². The first kappa shape index (κ1) is 21.0. The van der Waals surface area contributed by atoms with Gasteiger partial charge in [0, 0.05) is 25.8 Å². The number of nitro groups is 1. The number of aromatic nitrogens is 2. The lowest BCUT2D eigenvalue weighted by Gasteiger charge is -2.37. The molecule has 0 aliphatic carbocycles. The Morgan fingerprint density at radius 3 is 2.77 bits per heavy atom. The van der Waals surface area contributed by atoms with Gasteiger partial charge in [0.1, 0.15) is 5.65 Å². The summed E-state index contributed by atoms with van der Waals surface area (Å²) in [6.45, 7) is 4.87. The van der Waals surface area contributed by atoms with Crippen LogP contribution in [0.3, 0.4) is 0 Å². The van der Waals surface area contributed by atoms with Gasteiger partial charge < -0.3 is 10.1 Å². The number of fused-ring (bicyclic) bond motifs is 1. The Bertz CT molecular complexity index is 1120. The van der Waals surface area contributed by atoms with Gasteiger partial charge >= 0.3 is 11.2 Å². The maximum absolute atomic E-state index is 12.7. The predicted octanol–water partition coefficient (Wildman–Crippen LogP) is 2.69. The van der Waals surface area contributed by atoms with Gasteiger partial charge in [0.25, 0.3) is 0 Å². The van der Waals surface area contributed by atoms with Crippen LogP contribution >= 0.6 is 0 Å². The van der Waals surface area contributed by atoms with E-state index in [2.05, 4.69) is 27.3 Å². The second kappa shape index (κ2) is 9.23. The Morgan fingerprint density at radius 1 is 1.26 bits per heavy atom. The summed E-state index contributed by atoms with van der Waals surface area (Å²) in [6.07, 6.45) is 1.96. The Labute approximate surface area is 179 Å². The highest BCUT2D eigenvalue weighted by Gasteiger charge is 2.31. The molecule has 9 heteroatoms. The van der Waals surface area contributed by atoms with Gasteiger partial charge in [-0.3, -0.25) is 24.2 Å². The van der Waals surface area contributed by atoms with E-state index in [-0.39, 0.29) is 18.0 Å². The topological polar surface area (TPSA) is 102 Å². The highest BCUT2D eigenvalue weighted by atomic mass is 16.6. The van der Waals surface area contributed by atoms with Gasteiger partial charge in [-0.05, 0) is 24.1 Å². The molecule has 1 saturated heterocycles. The SMILES string of the molecule is CCC(Nc1nc2ccccn2c(=O)c1[N+](=O)[O-])C1CN(Cc2ccccc2)CCO1. The summed E-state index contributed by atoms with van der Waals surface area (Å²) in [5.74, 6) is -0.0168. The first-order valence-corrected chi connectivity index (χ1v) is 10.4. The minimum atomic E-state index is -0.705. The maximum Gasteiger partial charge on any atom is 0.376 e. The number of rotatable bonds is 7. The highest BCUT2D eigenvalue weighted by molar-refractivity contribution is 5.60. The molecule has 2 aromatic heterocycles. The van der Waals surface area contributed by atoms with E-state index in [1.165, 1.54) is 16.2 Å². The van der Waals surface area contributed by atoms with Crippen LogP contribution in [0, 0.1) is 10.1 Å². The molecule has 2 atom stereocenters. The van der Waals surface area contributed by atoms with Crippen molar-refractivity contribution in [3.05, 3.63) is 80.8 Å². The average molecular weight is 423 g/mol. The van der Waals surface area contributed by atoms with Crippen molar-refractivity contribution in [1.82, 2.24) is 14.3 Å². The van der Waals surface area contributed by atoms with E-state index >= 15 is 0 Å². The predicted molar refractivity (Wildman–Crippen MR) is 117 cm³/mol. The van der Waals surface area contributed by atoms with Gasteiger partial charge in [0.2, 0.25) is 5.82 Å². The second-order valence-electron chi connectivity index (χ2n) is 7.59. The van der Waals surface area contributed by atoms with E-state index in [1.807, 2.05) is 25.1 Å². The van der Waals surface area contributed by atoms with Crippen LogP contribution in [0.25, 0.3) is 5.65 Å². The minimum Gasteiger partial charge on any atom is -0.373 e. The summed E-state index contributed by atoms with van der Waals surface area (Å²) in [5, 5.41) is 14.8. The van der Waals surface area contributed by atoms with Crippen LogP contribution in [0.15, 0.2) is 59.5 Å². The molecule has 1 fully saturated rings. The number of nitrogens with one attached hydrogen (secondary N) is 1. The minimum absolute atomic E-state index is 0.0168. The molecule has 0 saturated carbocycles. The van der Waals surface area contributed by atoms with E-state index in [0.29, 0.717) is 25.2 Å². The van der Waals surface area contributed by atoms with Crippen LogP contribution in [0.5, 0.6) is 0 Å². The smallest absolute Gasteiger partial charge is 0.373 e. The third-order valence-electron chi connectivity index (χ3n) is 5.53. The van der Waals surface area contributed by atoms with Gasteiger partial charge in [-0.1, -0.05) is 43.3 Å². The molecule has 162 valence electrons. The lowest BCUT2D eigenvalue weighted by molar-refractivity contribution is -0.385. The maximum atomic E-state index is 12.7. The molecule has 9 nitrogen and oxygen atoms in total. The Morgan fingerprint density at radius 2 is 2.03 bits per heavy atom. The monoisotopic (exact) mass is 423 g/mol. The van der Waals surface area contributed by atoms with Gasteiger partial charge in [-0.25, -0.2) is 4.98 Å². The number of hydrogen-bond acceptors (Lipinski definition) is 7. The van der Waals surface area contributed by atoms with Crippen molar-refractivity contribution in [1.29, 1.82) is 0 Å². The van der Waals surface area contributed by atoms with Crippen molar-refractivity contribution in [3.8, 4) is 0 Å². The summed E-state index contributed by atoms with van der Waals surface area (Å²) in [4.78, 5) is 30.4. The summed E-state index contributed by atoms with van der Waals surface area (Å²) in [7, 11) is 0. The highest BCUT2D eigenvalue weighted by Crippen LogP contribution is 2.23. The van der Waals surface area contributed by atoms with Crippen LogP contribution in [0.1, 0.15) is 18.9 Å². The Hall–Kier alpha value is -3.30. The summed E-state index contributed by atoms with van der Waals surface area (Å²) in [6, 6.07) is 15.0. The lowest BCUT2D eigenvalue weighted by atomic mass is 10.1. The van der Waals surface area contributed by atoms with Crippen molar-refractivity contribution >= 4 is 17.2 Å². The summed E-state index contributed by atoms with van der Waals surface area (Å²) >= 11 is 0. The van der Waals surface area contributed by atoms with Crippen LogP contribution in [0.2, 0.25) is 0 Å². The van der Waals surface area contributed by atoms with Gasteiger partial charge in [-0.2, -0.15) is 0 Å². The molecule has 0 radical (unpaired) electrons. The molecule has 3 aromatic rings. The van der Waals surface area contributed by atoms with E-state index in [4.69, 9.17) is 4.74 Å². The fraction of sp³-hybridized carbons (Fsp3) is 0.364. The first-order chi connectivity index (χ1) is 15.1. The molecule has 4 rings (SSSR count). The zero-order chi connectivity index (χ0) is 21.8. The van der Waals surface area contributed by atoms with Crippen molar-refractivity contribution in [2.45, 2.75) is 32.0 Å². The zero-order valence-corrected chi connectivity index (χ0v) is 17.3. The number of ether oxygens (including phenoxy) is 1. The van der Waals surface area contributed by atoms with E-state index in [9.17, 15) is 14.9 Å². The molecule has 1 aromatic carbocycles. The van der Waals surface area contributed by atoms with E-state index < -0.39 is 16.2 Å². The fourth-order valence-corrected chi connectivity index (χ4v) is 3.94. The molecule has 1 N–H and O–H groups in total. The quantitative estimate of drug-likeness (QED) is 0.460. The number of pyridine rings is 1.